The van der Waals surface area contributed by atoms with E-state index in [-0.39, 0.29) is 23.9 Å². The van der Waals surface area contributed by atoms with Gasteiger partial charge in [-0.1, -0.05) is 0 Å². The lowest BCUT2D eigenvalue weighted by Gasteiger charge is -2.09. The molecule has 0 radical (unpaired) electrons. The Morgan fingerprint density at radius 3 is 2.89 bits per heavy atom. The first-order chi connectivity index (χ1) is 8.90. The third kappa shape index (κ3) is 2.56. The monoisotopic (exact) mass is 284 g/mol. The third-order valence-corrected chi connectivity index (χ3v) is 3.58. The predicted molar refractivity (Wildman–Crippen MR) is 66.5 cm³/mol. The molecule has 1 aliphatic heterocycles. The number of anilines is 1. The molecule has 1 fully saturated rings. The van der Waals surface area contributed by atoms with Crippen molar-refractivity contribution in [1.82, 2.24) is 9.88 Å². The van der Waals surface area contributed by atoms with Crippen LogP contribution in [0.1, 0.15) is 18.2 Å². The number of aliphatic carboxylic acids is 1. The minimum atomic E-state index is -1.20. The number of carbonyl (C=O) groups is 3. The molecule has 102 valence electrons. The predicted octanol–water partition coefficient (Wildman–Crippen LogP) is -0.603. The van der Waals surface area contributed by atoms with E-state index in [4.69, 9.17) is 10.8 Å². The second kappa shape index (κ2) is 4.94. The van der Waals surface area contributed by atoms with E-state index in [2.05, 4.69) is 10.3 Å². The fourth-order valence-electron chi connectivity index (χ4n) is 1.64. The zero-order chi connectivity index (χ0) is 14.2. The van der Waals surface area contributed by atoms with Gasteiger partial charge in [-0.2, -0.15) is 0 Å². The quantitative estimate of drug-likeness (QED) is 0.630. The fraction of sp³-hybridized carbons (Fsp3) is 0.400. The topological polar surface area (TPSA) is 126 Å². The Labute approximate surface area is 112 Å². The molecule has 8 nitrogen and oxygen atoms in total. The van der Waals surface area contributed by atoms with Crippen LogP contribution in [0.4, 0.5) is 5.13 Å². The lowest BCUT2D eigenvalue weighted by Crippen LogP contribution is -2.31. The van der Waals surface area contributed by atoms with Gasteiger partial charge in [0.2, 0.25) is 5.91 Å². The molecular formula is C10H12N4O4S. The molecule has 2 amide bonds. The third-order valence-electron chi connectivity index (χ3n) is 2.79. The molecule has 2 atom stereocenters. The molecule has 0 aliphatic carbocycles. The number of amides is 2. The Morgan fingerprint density at radius 2 is 2.37 bits per heavy atom. The Morgan fingerprint density at radius 1 is 1.68 bits per heavy atom. The number of nitrogens with two attached hydrogens (primary N) is 1. The largest absolute Gasteiger partial charge is 0.480 e. The Balaban J connectivity index is 2.07. The number of likely N-dealkylation sites (tertiary alicyclic amines) is 1. The molecule has 0 bridgehead atoms. The van der Waals surface area contributed by atoms with Crippen molar-refractivity contribution in [3.05, 3.63) is 11.1 Å². The van der Waals surface area contributed by atoms with Gasteiger partial charge in [0.1, 0.15) is 12.1 Å². The maximum Gasteiger partial charge on any atom is 0.326 e. The number of aromatic nitrogens is 1. The molecule has 1 saturated heterocycles. The second-order valence-electron chi connectivity index (χ2n) is 4.09. The van der Waals surface area contributed by atoms with Crippen LogP contribution in [0.15, 0.2) is 5.38 Å². The summed E-state index contributed by atoms with van der Waals surface area (Å²) in [5.41, 5.74) is 5.63. The molecule has 2 unspecified atom stereocenters. The number of carbonyl (C=O) groups excluding carboxylic acids is 2. The molecular weight excluding hydrogens is 272 g/mol. The number of carboxylic acid groups (broad SMARTS) is 1. The summed E-state index contributed by atoms with van der Waals surface area (Å²) in [6.07, 6.45) is 0.0647. The molecule has 2 rings (SSSR count). The van der Waals surface area contributed by atoms with Gasteiger partial charge in [0.15, 0.2) is 5.13 Å². The van der Waals surface area contributed by atoms with E-state index < -0.39 is 18.1 Å². The normalized spacial score (nSPS) is 20.7. The highest BCUT2D eigenvalue weighted by molar-refractivity contribution is 7.13. The number of hydrogen-bond donors (Lipinski definition) is 3. The molecule has 0 aromatic carbocycles. The molecule has 19 heavy (non-hydrogen) atoms. The van der Waals surface area contributed by atoms with Crippen LogP contribution in [-0.4, -0.2) is 45.9 Å². The van der Waals surface area contributed by atoms with E-state index in [9.17, 15) is 14.4 Å². The summed E-state index contributed by atoms with van der Waals surface area (Å²) < 4.78 is 0. The van der Waals surface area contributed by atoms with Gasteiger partial charge < -0.3 is 16.2 Å². The highest BCUT2D eigenvalue weighted by Crippen LogP contribution is 2.23. The smallest absolute Gasteiger partial charge is 0.326 e. The molecule has 0 saturated carbocycles. The number of nitrogens with zero attached hydrogens (tertiary/aromatic N) is 2. The average molecular weight is 284 g/mol. The van der Waals surface area contributed by atoms with Gasteiger partial charge in [-0.15, -0.1) is 11.3 Å². The lowest BCUT2D eigenvalue weighted by molar-refractivity contribution is -0.139. The number of thiazole rings is 1. The summed E-state index contributed by atoms with van der Waals surface area (Å²) in [4.78, 5) is 38.8. The van der Waals surface area contributed by atoms with Crippen LogP contribution in [0.3, 0.4) is 0 Å². The van der Waals surface area contributed by atoms with Crippen molar-refractivity contribution in [3.63, 3.8) is 0 Å². The van der Waals surface area contributed by atoms with Gasteiger partial charge in [-0.05, 0) is 0 Å². The van der Waals surface area contributed by atoms with E-state index in [1.54, 1.807) is 0 Å². The highest BCUT2D eigenvalue weighted by Gasteiger charge is 2.36. The molecule has 1 aliphatic rings. The van der Waals surface area contributed by atoms with Crippen LogP contribution < -0.4 is 11.1 Å². The minimum Gasteiger partial charge on any atom is -0.480 e. The van der Waals surface area contributed by atoms with E-state index in [1.807, 2.05) is 0 Å². The van der Waals surface area contributed by atoms with Crippen molar-refractivity contribution in [3.8, 4) is 0 Å². The number of rotatable bonds is 4. The van der Waals surface area contributed by atoms with E-state index in [0.717, 1.165) is 16.2 Å². The summed E-state index contributed by atoms with van der Waals surface area (Å²) in [5, 5.41) is 13.4. The van der Waals surface area contributed by atoms with Crippen LogP contribution in [0.2, 0.25) is 0 Å². The molecule has 4 N–H and O–H groups in total. The zero-order valence-corrected chi connectivity index (χ0v) is 10.8. The first-order valence-electron chi connectivity index (χ1n) is 5.41. The molecule has 0 spiro atoms. The maximum absolute atomic E-state index is 11.7. The van der Waals surface area contributed by atoms with Crippen LogP contribution >= 0.6 is 11.3 Å². The van der Waals surface area contributed by atoms with Crippen LogP contribution in [-0.2, 0) is 14.4 Å². The van der Waals surface area contributed by atoms with Crippen molar-refractivity contribution >= 4 is 34.3 Å². The van der Waals surface area contributed by atoms with Crippen LogP contribution in [0.25, 0.3) is 0 Å². The highest BCUT2D eigenvalue weighted by atomic mass is 32.1. The number of carboxylic acids is 1. The summed E-state index contributed by atoms with van der Waals surface area (Å²) >= 11 is 1.14. The lowest BCUT2D eigenvalue weighted by atomic mass is 10.2. The summed E-state index contributed by atoms with van der Waals surface area (Å²) in [7, 11) is 1.42. The average Bonchev–Trinajstić information content (AvgIpc) is 2.91. The number of nitrogens with one attached hydrogen (secondary N) is 1. The van der Waals surface area contributed by atoms with Gasteiger partial charge >= 0.3 is 5.97 Å². The van der Waals surface area contributed by atoms with Crippen molar-refractivity contribution in [2.45, 2.75) is 18.5 Å². The number of imide groups is 1. The minimum absolute atomic E-state index is 0.0647. The van der Waals surface area contributed by atoms with Crippen LogP contribution in [0, 0.1) is 0 Å². The van der Waals surface area contributed by atoms with Crippen molar-refractivity contribution in [1.29, 1.82) is 0 Å². The van der Waals surface area contributed by atoms with Gasteiger partial charge in [0.25, 0.3) is 5.91 Å². The fourth-order valence-corrected chi connectivity index (χ4v) is 2.44. The number of hydrogen-bond acceptors (Lipinski definition) is 7. The zero-order valence-electron chi connectivity index (χ0n) is 9.99. The SMILES string of the molecule is CN1C(=O)CC(Nc2nc(C(N)C(=O)O)cs2)C1=O. The molecule has 2 heterocycles. The van der Waals surface area contributed by atoms with Gasteiger partial charge in [0.05, 0.1) is 12.1 Å². The summed E-state index contributed by atoms with van der Waals surface area (Å²) in [6, 6.07) is -1.85. The molecule has 1 aromatic heterocycles. The van der Waals surface area contributed by atoms with Gasteiger partial charge in [-0.3, -0.25) is 19.3 Å². The summed E-state index contributed by atoms with van der Waals surface area (Å²) in [6.45, 7) is 0. The van der Waals surface area contributed by atoms with E-state index in [1.165, 1.54) is 12.4 Å². The Bertz CT molecular complexity index is 543. The Hall–Kier alpha value is -2.00. The van der Waals surface area contributed by atoms with Crippen LogP contribution in [0.5, 0.6) is 0 Å². The van der Waals surface area contributed by atoms with Crippen molar-refractivity contribution in [2.24, 2.45) is 5.73 Å². The summed E-state index contributed by atoms with van der Waals surface area (Å²) in [5.74, 6) is -1.77. The Kier molecular flexibility index (Phi) is 3.49. The van der Waals surface area contributed by atoms with Crippen molar-refractivity contribution < 1.29 is 19.5 Å². The molecule has 9 heteroatoms. The first kappa shape index (κ1) is 13.4. The second-order valence-corrected chi connectivity index (χ2v) is 4.94. The maximum atomic E-state index is 11.7. The van der Waals surface area contributed by atoms with Gasteiger partial charge in [-0.25, -0.2) is 4.98 Å². The number of likely N-dealkylation sites (N-methyl/N-ethyl adjacent to an activating group) is 1. The van der Waals surface area contributed by atoms with E-state index >= 15 is 0 Å². The standard InChI is InChI=1S/C10H12N4O4S/c1-14-6(15)2-4(8(14)16)12-10-13-5(3-19-10)7(11)9(17)18/h3-4,7H,2,11H2,1H3,(H,12,13)(H,17,18). The van der Waals surface area contributed by atoms with Gasteiger partial charge in [0, 0.05) is 12.4 Å². The van der Waals surface area contributed by atoms with Crippen molar-refractivity contribution in [2.75, 3.05) is 12.4 Å². The first-order valence-corrected chi connectivity index (χ1v) is 6.29. The van der Waals surface area contributed by atoms with E-state index in [0.29, 0.717) is 5.13 Å². The molecule has 1 aromatic rings.